The predicted molar refractivity (Wildman–Crippen MR) is 112 cm³/mol. The van der Waals surface area contributed by atoms with Crippen LogP contribution in [0.3, 0.4) is 0 Å². The zero-order valence-corrected chi connectivity index (χ0v) is 21.9. The maximum Gasteiger partial charge on any atom is 1.00 e. The van der Waals surface area contributed by atoms with Crippen molar-refractivity contribution in [1.82, 2.24) is 20.1 Å². The molecule has 0 radical (unpaired) electrons. The summed E-state index contributed by atoms with van der Waals surface area (Å²) in [6.45, 7) is 0. The molecule has 0 spiro atoms. The average Bonchev–Trinajstić information content (AvgIpc) is 2.61. The van der Waals surface area contributed by atoms with Gasteiger partial charge in [0.25, 0.3) is 0 Å². The zero-order valence-electron chi connectivity index (χ0n) is 16.3. The van der Waals surface area contributed by atoms with Gasteiger partial charge in [-0.15, -0.1) is 0 Å². The van der Waals surface area contributed by atoms with Crippen LogP contribution in [-0.2, 0) is 12.8 Å². The van der Waals surface area contributed by atoms with E-state index in [1.807, 2.05) is 36.4 Å². The van der Waals surface area contributed by atoms with E-state index in [-0.39, 0.29) is 69.1 Å². The van der Waals surface area contributed by atoms with Crippen LogP contribution in [0.1, 0.15) is 11.4 Å². The number of fused-ring (bicyclic) bond motifs is 3. The molecule has 134 valence electrons. The molecule has 2 heterocycles. The van der Waals surface area contributed by atoms with Crippen LogP contribution in [0, 0.1) is 10.4 Å². The molecule has 0 aliphatic heterocycles. The average molecular weight is 430 g/mol. The zero-order chi connectivity index (χ0) is 18.8. The van der Waals surface area contributed by atoms with Gasteiger partial charge in [0.15, 0.2) is 0 Å². The third-order valence-corrected chi connectivity index (χ3v) is 4.81. The molecule has 1 aromatic carbocycles. The maximum absolute atomic E-state index is 11.3. The van der Waals surface area contributed by atoms with Crippen molar-refractivity contribution in [3.63, 3.8) is 0 Å². The first-order valence-corrected chi connectivity index (χ1v) is 8.72. The number of pyridine rings is 2. The molecular formula is C18H16N4Na2O2S2. The van der Waals surface area contributed by atoms with Gasteiger partial charge in [-0.25, -0.2) is 0 Å². The van der Waals surface area contributed by atoms with Crippen molar-refractivity contribution < 1.29 is 59.1 Å². The van der Waals surface area contributed by atoms with E-state index >= 15 is 0 Å². The number of aromatic nitrogens is 2. The Labute approximate surface area is 218 Å². The summed E-state index contributed by atoms with van der Waals surface area (Å²) in [7, 11) is 2.76. The van der Waals surface area contributed by atoms with Gasteiger partial charge >= 0.3 is 59.1 Å². The van der Waals surface area contributed by atoms with E-state index in [0.717, 1.165) is 21.8 Å². The van der Waals surface area contributed by atoms with Crippen LogP contribution >= 0.6 is 24.4 Å². The van der Waals surface area contributed by atoms with Crippen molar-refractivity contribution in [2.45, 2.75) is 12.8 Å². The molecule has 0 N–H and O–H groups in total. The van der Waals surface area contributed by atoms with Crippen LogP contribution in [0.25, 0.3) is 21.8 Å². The summed E-state index contributed by atoms with van der Waals surface area (Å²) in [4.78, 5) is 9.87. The van der Waals surface area contributed by atoms with Gasteiger partial charge in [-0.05, 0) is 26.2 Å². The molecule has 0 amide bonds. The van der Waals surface area contributed by atoms with Gasteiger partial charge in [-0.3, -0.25) is 9.97 Å². The van der Waals surface area contributed by atoms with Crippen molar-refractivity contribution in [2.24, 2.45) is 0 Å². The molecule has 0 atom stereocenters. The molecule has 0 fully saturated rings. The number of benzene rings is 1. The van der Waals surface area contributed by atoms with Crippen molar-refractivity contribution in [2.75, 3.05) is 14.1 Å². The first kappa shape index (κ1) is 25.8. The third-order valence-electron chi connectivity index (χ3n) is 4.00. The molecule has 0 unspecified atom stereocenters. The van der Waals surface area contributed by atoms with E-state index in [0.29, 0.717) is 34.4 Å². The number of hydrogen-bond acceptors (Lipinski definition) is 6. The second-order valence-electron chi connectivity index (χ2n) is 5.95. The topological polar surface area (TPSA) is 78.4 Å². The normalized spacial score (nSPS) is 10.1. The summed E-state index contributed by atoms with van der Waals surface area (Å²) in [6.07, 6.45) is 0.596. The van der Waals surface area contributed by atoms with Gasteiger partial charge in [-0.1, -0.05) is 48.7 Å². The molecule has 2 aromatic heterocycles. The Morgan fingerprint density at radius 3 is 1.39 bits per heavy atom. The Balaban J connectivity index is 0.00000196. The Kier molecular flexibility index (Phi) is 10.3. The van der Waals surface area contributed by atoms with Crippen molar-refractivity contribution in [3.8, 4) is 0 Å². The van der Waals surface area contributed by atoms with Crippen molar-refractivity contribution in [1.29, 1.82) is 0 Å². The number of nitrogens with zero attached hydrogens (tertiary/aromatic N) is 4. The van der Waals surface area contributed by atoms with E-state index in [2.05, 4.69) is 9.97 Å². The van der Waals surface area contributed by atoms with E-state index in [4.69, 9.17) is 24.4 Å². The van der Waals surface area contributed by atoms with Crippen LogP contribution in [0.15, 0.2) is 36.4 Å². The quantitative estimate of drug-likeness (QED) is 0.193. The number of hydrogen-bond donors (Lipinski definition) is 0. The molecule has 6 nitrogen and oxygen atoms in total. The van der Waals surface area contributed by atoms with E-state index in [1.165, 1.54) is 14.1 Å². The van der Waals surface area contributed by atoms with Gasteiger partial charge in [0.05, 0.1) is 21.0 Å². The minimum atomic E-state index is 0. The molecule has 0 aliphatic carbocycles. The smallest absolute Gasteiger partial charge is 0.758 e. The monoisotopic (exact) mass is 430 g/mol. The second kappa shape index (κ2) is 11.2. The summed E-state index contributed by atoms with van der Waals surface area (Å²) < 4.78 is 0. The molecular weight excluding hydrogens is 414 g/mol. The van der Waals surface area contributed by atoms with E-state index < -0.39 is 0 Å². The van der Waals surface area contributed by atoms with Crippen LogP contribution < -0.4 is 59.1 Å². The number of rotatable bonds is 4. The Bertz CT molecular complexity index is 935. The van der Waals surface area contributed by atoms with Gasteiger partial charge in [0.2, 0.25) is 0 Å². The van der Waals surface area contributed by atoms with Gasteiger partial charge in [-0.2, -0.15) is 0 Å². The predicted octanol–water partition coefficient (Wildman–Crippen LogP) is -2.61. The summed E-state index contributed by atoms with van der Waals surface area (Å²) in [5.41, 5.74) is 2.89. The Morgan fingerprint density at radius 2 is 1.07 bits per heavy atom. The van der Waals surface area contributed by atoms with E-state index in [9.17, 15) is 10.4 Å². The number of hydroxylamine groups is 4. The van der Waals surface area contributed by atoms with Crippen LogP contribution in [0.4, 0.5) is 0 Å². The maximum atomic E-state index is 11.3. The van der Waals surface area contributed by atoms with E-state index in [1.54, 1.807) is 0 Å². The second-order valence-corrected chi connectivity index (χ2v) is 6.89. The minimum absolute atomic E-state index is 0. The summed E-state index contributed by atoms with van der Waals surface area (Å²) in [6, 6.07) is 11.5. The molecule has 3 rings (SSSR count). The Hall–Kier alpha value is -0.260. The molecule has 28 heavy (non-hydrogen) atoms. The van der Waals surface area contributed by atoms with Crippen LogP contribution in [-0.4, -0.2) is 44.2 Å². The molecule has 10 heteroatoms. The fraction of sp³-hybridized carbons (Fsp3) is 0.222. The van der Waals surface area contributed by atoms with Crippen LogP contribution in [0.5, 0.6) is 0 Å². The summed E-state index contributed by atoms with van der Waals surface area (Å²) in [5, 5.41) is 25.9. The molecule has 0 saturated heterocycles. The third kappa shape index (κ3) is 6.12. The fourth-order valence-corrected chi connectivity index (χ4v) is 2.87. The standard InChI is InChI=1S/C18H16N4O2S2.2Na/c1-21(23)15(25)9-13-7-5-11-3-4-12-6-8-14(10-16(26)22(2)24)20-18(12)17(11)19-13;;/h3-8H,9-10H2,1-2H3;;/q-2;2*+1. The minimum Gasteiger partial charge on any atom is -0.758 e. The molecule has 3 aromatic rings. The van der Waals surface area contributed by atoms with Gasteiger partial charge < -0.3 is 20.5 Å². The van der Waals surface area contributed by atoms with Crippen molar-refractivity contribution in [3.05, 3.63) is 58.2 Å². The first-order valence-electron chi connectivity index (χ1n) is 7.91. The first-order chi connectivity index (χ1) is 12.3. The van der Waals surface area contributed by atoms with Crippen LogP contribution in [0.2, 0.25) is 0 Å². The number of thiocarbonyl (C=S) groups is 2. The van der Waals surface area contributed by atoms with Gasteiger partial charge in [0, 0.05) is 35.0 Å². The summed E-state index contributed by atoms with van der Waals surface area (Å²) in [5.74, 6) is 0. The molecule has 0 saturated carbocycles. The van der Waals surface area contributed by atoms with Crippen molar-refractivity contribution >= 4 is 56.2 Å². The largest absolute Gasteiger partial charge is 1.00 e. The van der Waals surface area contributed by atoms with Gasteiger partial charge in [0.1, 0.15) is 0 Å². The Morgan fingerprint density at radius 1 is 0.750 bits per heavy atom. The molecule has 0 aliphatic rings. The molecule has 0 bridgehead atoms. The number of likely N-dealkylation sites (N-methyl/N-ethyl adjacent to an activating group) is 2. The SMILES string of the molecule is CN([O-])C(=S)Cc1ccc2ccc3ccc(CC(=S)N(C)[O-])nc3c2n1.[Na+].[Na+]. The summed E-state index contributed by atoms with van der Waals surface area (Å²) >= 11 is 10.2. The fourth-order valence-electron chi connectivity index (χ4n) is 2.58.